The third-order valence-electron chi connectivity index (χ3n) is 5.03. The Hall–Kier alpha value is -3.15. The van der Waals surface area contributed by atoms with Gasteiger partial charge in [0.1, 0.15) is 11.5 Å². The number of imide groups is 1. The third kappa shape index (κ3) is 4.20. The zero-order chi connectivity index (χ0) is 22.1. The SMILES string of the molecule is Cc1ccc(NC2=C(c3ccc(F)cc3)C(=O)N(Cc3ccccc3Cl)C2=O)cc1Cl. The lowest BCUT2D eigenvalue weighted by Crippen LogP contribution is -2.32. The number of hydrogen-bond donors (Lipinski definition) is 1. The zero-order valence-electron chi connectivity index (χ0n) is 16.5. The molecule has 156 valence electrons. The second kappa shape index (κ2) is 8.53. The number of aryl methyl sites for hydroxylation is 1. The van der Waals surface area contributed by atoms with Crippen LogP contribution in [0.4, 0.5) is 10.1 Å². The summed E-state index contributed by atoms with van der Waals surface area (Å²) in [6.07, 6.45) is 0. The van der Waals surface area contributed by atoms with Gasteiger partial charge in [-0.25, -0.2) is 4.39 Å². The van der Waals surface area contributed by atoms with E-state index in [1.54, 1.807) is 36.4 Å². The van der Waals surface area contributed by atoms with Gasteiger partial charge in [-0.3, -0.25) is 14.5 Å². The molecule has 7 heteroatoms. The van der Waals surface area contributed by atoms with Crippen LogP contribution in [0.5, 0.6) is 0 Å². The Morgan fingerprint density at radius 2 is 1.61 bits per heavy atom. The Morgan fingerprint density at radius 1 is 0.903 bits per heavy atom. The number of carbonyl (C=O) groups is 2. The molecule has 4 rings (SSSR count). The minimum atomic E-state index is -0.499. The molecule has 0 fully saturated rings. The van der Waals surface area contributed by atoms with E-state index in [-0.39, 0.29) is 17.8 Å². The first-order valence-corrected chi connectivity index (χ1v) is 10.2. The normalized spacial score (nSPS) is 13.9. The highest BCUT2D eigenvalue weighted by Gasteiger charge is 2.39. The maximum absolute atomic E-state index is 13.5. The molecule has 1 heterocycles. The Labute approximate surface area is 188 Å². The molecule has 0 saturated heterocycles. The fourth-order valence-corrected chi connectivity index (χ4v) is 3.71. The fraction of sp³-hybridized carbons (Fsp3) is 0.0833. The molecule has 0 saturated carbocycles. The van der Waals surface area contributed by atoms with Crippen molar-refractivity contribution in [2.24, 2.45) is 0 Å². The Bertz CT molecular complexity index is 1220. The standard InChI is InChI=1S/C24H17Cl2FN2O2/c1-14-6-11-18(12-20(14)26)28-22-21(15-7-9-17(27)10-8-15)23(30)29(24(22)31)13-16-4-2-3-5-19(16)25/h2-12,28H,13H2,1H3. The van der Waals surface area contributed by atoms with Crippen LogP contribution >= 0.6 is 23.2 Å². The van der Waals surface area contributed by atoms with Crippen LogP contribution in [0.1, 0.15) is 16.7 Å². The van der Waals surface area contributed by atoms with Gasteiger partial charge in [-0.05, 0) is 53.9 Å². The molecule has 1 aliphatic heterocycles. The van der Waals surface area contributed by atoms with Crippen LogP contribution in [0.15, 0.2) is 72.4 Å². The first kappa shape index (κ1) is 21.1. The molecular formula is C24H17Cl2FN2O2. The van der Waals surface area contributed by atoms with Crippen LogP contribution < -0.4 is 5.32 Å². The number of carbonyl (C=O) groups excluding carboxylic acids is 2. The van der Waals surface area contributed by atoms with Crippen molar-refractivity contribution < 1.29 is 14.0 Å². The van der Waals surface area contributed by atoms with Gasteiger partial charge >= 0.3 is 0 Å². The highest BCUT2D eigenvalue weighted by molar-refractivity contribution is 6.37. The quantitative estimate of drug-likeness (QED) is 0.493. The van der Waals surface area contributed by atoms with Crippen LogP contribution in [0.3, 0.4) is 0 Å². The van der Waals surface area contributed by atoms with Crippen molar-refractivity contribution in [3.05, 3.63) is 105 Å². The molecule has 0 aromatic heterocycles. The van der Waals surface area contributed by atoms with Crippen molar-refractivity contribution in [1.82, 2.24) is 4.90 Å². The average molecular weight is 455 g/mol. The van der Waals surface area contributed by atoms with Crippen LogP contribution in [-0.4, -0.2) is 16.7 Å². The smallest absolute Gasteiger partial charge is 0.278 e. The molecule has 3 aromatic carbocycles. The van der Waals surface area contributed by atoms with Gasteiger partial charge in [0.2, 0.25) is 0 Å². The molecule has 4 nitrogen and oxygen atoms in total. The van der Waals surface area contributed by atoms with Gasteiger partial charge in [-0.1, -0.05) is 59.6 Å². The highest BCUT2D eigenvalue weighted by Crippen LogP contribution is 2.33. The predicted octanol–water partition coefficient (Wildman–Crippen LogP) is 5.83. The van der Waals surface area contributed by atoms with E-state index in [1.165, 1.54) is 24.3 Å². The average Bonchev–Trinajstić information content (AvgIpc) is 2.97. The van der Waals surface area contributed by atoms with Gasteiger partial charge in [-0.15, -0.1) is 0 Å². The highest BCUT2D eigenvalue weighted by atomic mass is 35.5. The number of amides is 2. The summed E-state index contributed by atoms with van der Waals surface area (Å²) in [6.45, 7) is 1.88. The van der Waals surface area contributed by atoms with Crippen molar-refractivity contribution in [3.8, 4) is 0 Å². The molecule has 2 amide bonds. The molecule has 1 N–H and O–H groups in total. The summed E-state index contributed by atoms with van der Waals surface area (Å²) in [5.74, 6) is -1.42. The summed E-state index contributed by atoms with van der Waals surface area (Å²) < 4.78 is 13.5. The summed E-state index contributed by atoms with van der Waals surface area (Å²) in [4.78, 5) is 27.7. The maximum Gasteiger partial charge on any atom is 0.278 e. The van der Waals surface area contributed by atoms with E-state index in [1.807, 2.05) is 13.0 Å². The molecule has 0 bridgehead atoms. The molecule has 0 unspecified atom stereocenters. The lowest BCUT2D eigenvalue weighted by molar-refractivity contribution is -0.137. The first-order valence-electron chi connectivity index (χ1n) is 9.48. The topological polar surface area (TPSA) is 49.4 Å². The van der Waals surface area contributed by atoms with Crippen molar-refractivity contribution in [1.29, 1.82) is 0 Å². The number of nitrogens with zero attached hydrogens (tertiary/aromatic N) is 1. The Kier molecular flexibility index (Phi) is 5.81. The molecule has 31 heavy (non-hydrogen) atoms. The van der Waals surface area contributed by atoms with E-state index in [0.717, 1.165) is 10.5 Å². The lowest BCUT2D eigenvalue weighted by atomic mass is 10.0. The second-order valence-corrected chi connectivity index (χ2v) is 7.95. The summed E-state index contributed by atoms with van der Waals surface area (Å²) in [5.41, 5.74) is 2.78. The summed E-state index contributed by atoms with van der Waals surface area (Å²) in [6, 6.07) is 17.7. The number of rotatable bonds is 5. The largest absolute Gasteiger partial charge is 0.350 e. The van der Waals surface area contributed by atoms with Crippen LogP contribution in [0.2, 0.25) is 10.0 Å². The summed E-state index contributed by atoms with van der Waals surface area (Å²) >= 11 is 12.4. The Balaban J connectivity index is 1.76. The Morgan fingerprint density at radius 3 is 2.29 bits per heavy atom. The van der Waals surface area contributed by atoms with Gasteiger partial charge in [0.05, 0.1) is 12.1 Å². The minimum Gasteiger partial charge on any atom is -0.350 e. The van der Waals surface area contributed by atoms with E-state index in [4.69, 9.17) is 23.2 Å². The number of halogens is 3. The number of nitrogens with one attached hydrogen (secondary N) is 1. The monoisotopic (exact) mass is 454 g/mol. The van der Waals surface area contributed by atoms with Gasteiger partial charge < -0.3 is 5.32 Å². The molecule has 0 aliphatic carbocycles. The fourth-order valence-electron chi connectivity index (χ4n) is 3.33. The lowest BCUT2D eigenvalue weighted by Gasteiger charge is -2.16. The van der Waals surface area contributed by atoms with Gasteiger partial charge in [-0.2, -0.15) is 0 Å². The van der Waals surface area contributed by atoms with E-state index >= 15 is 0 Å². The van der Waals surface area contributed by atoms with Gasteiger partial charge in [0.25, 0.3) is 11.8 Å². The molecule has 3 aromatic rings. The van der Waals surface area contributed by atoms with Crippen molar-refractivity contribution in [2.75, 3.05) is 5.32 Å². The van der Waals surface area contributed by atoms with Gasteiger partial charge in [0.15, 0.2) is 0 Å². The number of benzene rings is 3. The van der Waals surface area contributed by atoms with E-state index in [2.05, 4.69) is 5.32 Å². The first-order chi connectivity index (χ1) is 14.8. The van der Waals surface area contributed by atoms with E-state index in [0.29, 0.717) is 26.9 Å². The number of anilines is 1. The summed E-state index contributed by atoms with van der Waals surface area (Å²) in [5, 5.41) is 4.02. The van der Waals surface area contributed by atoms with Gasteiger partial charge in [0, 0.05) is 15.7 Å². The molecular weight excluding hydrogens is 438 g/mol. The van der Waals surface area contributed by atoms with Crippen molar-refractivity contribution in [3.63, 3.8) is 0 Å². The number of hydrogen-bond acceptors (Lipinski definition) is 3. The van der Waals surface area contributed by atoms with Crippen LogP contribution in [0, 0.1) is 12.7 Å². The zero-order valence-corrected chi connectivity index (χ0v) is 18.0. The minimum absolute atomic E-state index is 0.0157. The summed E-state index contributed by atoms with van der Waals surface area (Å²) in [7, 11) is 0. The predicted molar refractivity (Wildman–Crippen MR) is 120 cm³/mol. The molecule has 1 aliphatic rings. The van der Waals surface area contributed by atoms with Crippen LogP contribution in [0.25, 0.3) is 5.57 Å². The molecule has 0 spiro atoms. The maximum atomic E-state index is 13.5. The van der Waals surface area contributed by atoms with Crippen molar-refractivity contribution >= 4 is 46.3 Å². The second-order valence-electron chi connectivity index (χ2n) is 7.13. The van der Waals surface area contributed by atoms with Crippen LogP contribution in [-0.2, 0) is 16.1 Å². The van der Waals surface area contributed by atoms with E-state index in [9.17, 15) is 14.0 Å². The third-order valence-corrected chi connectivity index (χ3v) is 5.80. The molecule has 0 radical (unpaired) electrons. The van der Waals surface area contributed by atoms with Crippen molar-refractivity contribution in [2.45, 2.75) is 13.5 Å². The van der Waals surface area contributed by atoms with E-state index < -0.39 is 17.6 Å². The molecule has 0 atom stereocenters.